The smallest absolute Gasteiger partial charge is 0.414 e. The zero-order chi connectivity index (χ0) is 22.7. The number of amides is 2. The monoisotopic (exact) mass is 464 g/mol. The van der Waals surface area contributed by atoms with Crippen molar-refractivity contribution in [2.75, 3.05) is 56.1 Å². The maximum atomic E-state index is 15.2. The van der Waals surface area contributed by atoms with Gasteiger partial charge in [0.05, 0.1) is 17.9 Å². The predicted molar refractivity (Wildman–Crippen MR) is 127 cm³/mol. The van der Waals surface area contributed by atoms with Gasteiger partial charge < -0.3 is 19.9 Å². The Morgan fingerprint density at radius 3 is 2.56 bits per heavy atom. The molecule has 9 heteroatoms. The molecule has 32 heavy (non-hydrogen) atoms. The van der Waals surface area contributed by atoms with Crippen LogP contribution in [0.25, 0.3) is 0 Å². The van der Waals surface area contributed by atoms with Crippen LogP contribution in [0.4, 0.5) is 20.6 Å². The number of carbonyl (C=O) groups excluding carboxylic acids is 2. The van der Waals surface area contributed by atoms with Crippen LogP contribution in [0.2, 0.25) is 0 Å². The Kier molecular flexibility index (Phi) is 7.51. The van der Waals surface area contributed by atoms with Crippen molar-refractivity contribution in [3.8, 4) is 0 Å². The number of likely N-dealkylation sites (N-methyl/N-ethyl adjacent to an activating group) is 1. The molecule has 2 saturated heterocycles. The zero-order valence-electron chi connectivity index (χ0n) is 18.8. The minimum Gasteiger partial charge on any atom is -0.443 e. The first-order valence-corrected chi connectivity index (χ1v) is 12.3. The zero-order valence-corrected chi connectivity index (χ0v) is 20.0. The van der Waals surface area contributed by atoms with Crippen molar-refractivity contribution in [3.63, 3.8) is 0 Å². The lowest BCUT2D eigenvalue weighted by molar-refractivity contribution is -0.132. The van der Waals surface area contributed by atoms with Gasteiger partial charge in [0.25, 0.3) is 0 Å². The van der Waals surface area contributed by atoms with Crippen LogP contribution in [-0.2, 0) is 9.53 Å². The molecule has 3 fully saturated rings. The third-order valence-corrected chi connectivity index (χ3v) is 7.27. The molecule has 2 heterocycles. The lowest BCUT2D eigenvalue weighted by atomic mass is 9.86. The molecular weight excluding hydrogens is 430 g/mol. The molecule has 2 aliphatic heterocycles. The largest absolute Gasteiger partial charge is 0.443 e. The quantitative estimate of drug-likeness (QED) is 0.656. The third-order valence-electron chi connectivity index (χ3n) is 6.83. The number of hydrogen-bond acceptors (Lipinski definition) is 5. The van der Waals surface area contributed by atoms with E-state index >= 15 is 4.39 Å². The minimum absolute atomic E-state index is 0.238. The Morgan fingerprint density at radius 2 is 1.91 bits per heavy atom. The van der Waals surface area contributed by atoms with Gasteiger partial charge in [-0.15, -0.1) is 9.24 Å². The van der Waals surface area contributed by atoms with Crippen LogP contribution in [0.3, 0.4) is 0 Å². The summed E-state index contributed by atoms with van der Waals surface area (Å²) in [5.41, 5.74) is 1.03. The molecule has 0 bridgehead atoms. The van der Waals surface area contributed by atoms with Crippen molar-refractivity contribution in [2.45, 2.75) is 44.6 Å². The fraction of sp³-hybridized carbons (Fsp3) is 0.652. The number of hydrogen-bond donors (Lipinski definition) is 1. The summed E-state index contributed by atoms with van der Waals surface area (Å²) in [4.78, 5) is 30.3. The van der Waals surface area contributed by atoms with Crippen molar-refractivity contribution in [1.82, 2.24) is 10.2 Å². The molecule has 7 nitrogen and oxygen atoms in total. The Bertz CT molecular complexity index is 818. The van der Waals surface area contributed by atoms with E-state index in [0.29, 0.717) is 68.3 Å². The number of piperazine rings is 1. The third kappa shape index (κ3) is 5.18. The number of rotatable bonds is 6. The van der Waals surface area contributed by atoms with E-state index in [-0.39, 0.29) is 17.8 Å². The van der Waals surface area contributed by atoms with Crippen LogP contribution < -0.4 is 20.4 Å². The van der Waals surface area contributed by atoms with E-state index in [4.69, 9.17) is 4.74 Å². The van der Waals surface area contributed by atoms with E-state index in [1.165, 1.54) is 43.1 Å². The van der Waals surface area contributed by atoms with Crippen molar-refractivity contribution in [3.05, 3.63) is 17.9 Å². The van der Waals surface area contributed by atoms with Gasteiger partial charge in [0.1, 0.15) is 11.9 Å². The second-order valence-electron chi connectivity index (χ2n) is 9.12. The lowest BCUT2D eigenvalue weighted by Gasteiger charge is -2.37. The summed E-state index contributed by atoms with van der Waals surface area (Å²) in [5, 5.41) is 3.70. The topological polar surface area (TPSA) is 65.1 Å². The fourth-order valence-electron chi connectivity index (χ4n) is 5.11. The van der Waals surface area contributed by atoms with E-state index in [1.807, 2.05) is 15.9 Å². The molecule has 3 aliphatic rings. The molecule has 0 radical (unpaired) electrons. The first-order chi connectivity index (χ1) is 15.5. The van der Waals surface area contributed by atoms with Gasteiger partial charge >= 0.3 is 6.09 Å². The molecule has 0 aromatic heterocycles. The number of carbonyl (C=O) groups is 2. The first-order valence-electron chi connectivity index (χ1n) is 11.7. The van der Waals surface area contributed by atoms with Crippen LogP contribution in [0, 0.1) is 11.7 Å². The number of cyclic esters (lactones) is 1. The molecule has 0 spiro atoms. The molecule has 1 N–H and O–H groups in total. The summed E-state index contributed by atoms with van der Waals surface area (Å²) in [5.74, 6) is 0.407. The normalized spacial score (nSPS) is 22.4. The summed E-state index contributed by atoms with van der Waals surface area (Å²) in [6.45, 7) is 3.38. The number of nitrogens with one attached hydrogen (secondary N) is 1. The summed E-state index contributed by atoms with van der Waals surface area (Å²) in [6, 6.07) is 3.22. The van der Waals surface area contributed by atoms with Crippen LogP contribution >= 0.6 is 9.24 Å². The van der Waals surface area contributed by atoms with E-state index in [1.54, 1.807) is 7.05 Å². The highest BCUT2D eigenvalue weighted by Crippen LogP contribution is 2.30. The molecule has 1 aliphatic carbocycles. The maximum absolute atomic E-state index is 15.2. The summed E-state index contributed by atoms with van der Waals surface area (Å²) >= 11 is 0. The highest BCUT2D eigenvalue weighted by Gasteiger charge is 2.33. The Balaban J connectivity index is 1.37. The molecule has 1 aromatic carbocycles. The molecule has 176 valence electrons. The molecule has 1 aromatic rings. The van der Waals surface area contributed by atoms with E-state index < -0.39 is 6.09 Å². The van der Waals surface area contributed by atoms with Crippen LogP contribution in [0.15, 0.2) is 12.1 Å². The molecule has 2 unspecified atom stereocenters. The number of ether oxygens (including phenoxy) is 1. The standard InChI is InChI=1S/C23H34FN4O3P/c1-25-14-18-15-28(23(30)31-18)17-12-19(24)22(20(32)13-17)27-9-7-26(8-10-27)21(29)11-16-5-3-2-4-6-16/h12-13,16,18,25H,2-11,14-15,32H2,1H3. The maximum Gasteiger partial charge on any atom is 0.414 e. The Labute approximate surface area is 191 Å². The molecular formula is C23H34FN4O3P. The van der Waals surface area contributed by atoms with E-state index in [0.717, 1.165) is 0 Å². The van der Waals surface area contributed by atoms with E-state index in [9.17, 15) is 9.59 Å². The second kappa shape index (κ2) is 10.3. The van der Waals surface area contributed by atoms with Crippen LogP contribution in [0.1, 0.15) is 38.5 Å². The summed E-state index contributed by atoms with van der Waals surface area (Å²) in [7, 11) is 4.40. The predicted octanol–water partition coefficient (Wildman–Crippen LogP) is 2.49. The second-order valence-corrected chi connectivity index (χ2v) is 9.74. The van der Waals surface area contributed by atoms with Crippen molar-refractivity contribution in [1.29, 1.82) is 0 Å². The van der Waals surface area contributed by atoms with Crippen LogP contribution in [0.5, 0.6) is 0 Å². The number of benzene rings is 1. The SMILES string of the molecule is CNCC1CN(c2cc(F)c(N3CCN(C(=O)CC4CCCCC4)CC3)c(P)c2)C(=O)O1. The van der Waals surface area contributed by atoms with Gasteiger partial charge in [-0.3, -0.25) is 9.69 Å². The lowest BCUT2D eigenvalue weighted by Crippen LogP contribution is -2.50. The van der Waals surface area contributed by atoms with Crippen molar-refractivity contribution in [2.24, 2.45) is 5.92 Å². The average molecular weight is 465 g/mol. The molecule has 1 saturated carbocycles. The van der Waals surface area contributed by atoms with Crippen LogP contribution in [-0.4, -0.2) is 69.3 Å². The minimum atomic E-state index is -0.452. The number of anilines is 2. The van der Waals surface area contributed by atoms with Gasteiger partial charge in [-0.05, 0) is 43.2 Å². The highest BCUT2D eigenvalue weighted by molar-refractivity contribution is 7.28. The highest BCUT2D eigenvalue weighted by atomic mass is 31.0. The van der Waals surface area contributed by atoms with Gasteiger partial charge in [0.15, 0.2) is 0 Å². The van der Waals surface area contributed by atoms with Gasteiger partial charge in [-0.2, -0.15) is 0 Å². The summed E-state index contributed by atoms with van der Waals surface area (Å²) < 4.78 is 20.5. The van der Waals surface area contributed by atoms with Crippen molar-refractivity contribution >= 4 is 37.9 Å². The molecule has 4 rings (SSSR count). The van der Waals surface area contributed by atoms with E-state index in [2.05, 4.69) is 14.6 Å². The fourth-order valence-corrected chi connectivity index (χ4v) is 5.60. The van der Waals surface area contributed by atoms with Gasteiger partial charge in [-0.1, -0.05) is 19.3 Å². The van der Waals surface area contributed by atoms with Crippen molar-refractivity contribution < 1.29 is 18.7 Å². The summed E-state index contributed by atoms with van der Waals surface area (Å²) in [6.07, 6.45) is 6.06. The van der Waals surface area contributed by atoms with Gasteiger partial charge in [0.2, 0.25) is 5.91 Å². The first kappa shape index (κ1) is 23.2. The molecule has 2 amide bonds. The van der Waals surface area contributed by atoms with Gasteiger partial charge in [-0.25, -0.2) is 9.18 Å². The Morgan fingerprint density at radius 1 is 1.19 bits per heavy atom. The number of nitrogens with zero attached hydrogens (tertiary/aromatic N) is 3. The molecule has 2 atom stereocenters. The van der Waals surface area contributed by atoms with Gasteiger partial charge in [0, 0.05) is 39.1 Å². The number of halogens is 1. The average Bonchev–Trinajstić information content (AvgIpc) is 3.15. The Hall–Kier alpha value is -1.92.